The van der Waals surface area contributed by atoms with Crippen LogP contribution in [0.4, 0.5) is 19.0 Å². The van der Waals surface area contributed by atoms with Gasteiger partial charge in [0.1, 0.15) is 5.82 Å². The van der Waals surface area contributed by atoms with Crippen molar-refractivity contribution in [2.75, 3.05) is 5.32 Å². The third-order valence-corrected chi connectivity index (χ3v) is 4.43. The van der Waals surface area contributed by atoms with Crippen LogP contribution in [0, 0.1) is 11.7 Å². The number of anilines is 1. The molecule has 1 aromatic heterocycles. The van der Waals surface area contributed by atoms with Crippen molar-refractivity contribution in [1.29, 1.82) is 0 Å². The summed E-state index contributed by atoms with van der Waals surface area (Å²) >= 11 is 0. The first-order valence-electron chi connectivity index (χ1n) is 7.81. The van der Waals surface area contributed by atoms with Crippen molar-refractivity contribution in [2.24, 2.45) is 5.92 Å². The zero-order chi connectivity index (χ0) is 17.4. The third-order valence-electron chi connectivity index (χ3n) is 4.43. The second kappa shape index (κ2) is 6.41. The Morgan fingerprint density at radius 1 is 1.22 bits per heavy atom. The SMILES string of the molecule is CC(C)n1c(=O)[nH]c(N[C@@H](C)C2CCC(F)(F)CC2)c(F)c1=O. The molecule has 5 nitrogen and oxygen atoms in total. The molecule has 1 fully saturated rings. The van der Waals surface area contributed by atoms with Gasteiger partial charge in [-0.05, 0) is 39.5 Å². The van der Waals surface area contributed by atoms with Gasteiger partial charge in [-0.3, -0.25) is 14.3 Å². The van der Waals surface area contributed by atoms with Crippen molar-refractivity contribution in [1.82, 2.24) is 9.55 Å². The Labute approximate surface area is 131 Å². The Balaban J connectivity index is 2.18. The minimum atomic E-state index is -2.63. The van der Waals surface area contributed by atoms with E-state index in [1.165, 1.54) is 0 Å². The number of nitrogens with one attached hydrogen (secondary N) is 2. The largest absolute Gasteiger partial charge is 0.366 e. The molecule has 1 aliphatic carbocycles. The van der Waals surface area contributed by atoms with Gasteiger partial charge in [-0.25, -0.2) is 13.6 Å². The van der Waals surface area contributed by atoms with Gasteiger partial charge in [0, 0.05) is 24.9 Å². The van der Waals surface area contributed by atoms with Crippen LogP contribution in [-0.4, -0.2) is 21.5 Å². The Morgan fingerprint density at radius 2 is 1.78 bits per heavy atom. The summed E-state index contributed by atoms with van der Waals surface area (Å²) in [5.41, 5.74) is -1.69. The number of aromatic nitrogens is 2. The summed E-state index contributed by atoms with van der Waals surface area (Å²) < 4.78 is 41.3. The predicted octanol–water partition coefficient (Wildman–Crippen LogP) is 2.88. The molecule has 23 heavy (non-hydrogen) atoms. The fraction of sp³-hybridized carbons (Fsp3) is 0.733. The number of rotatable bonds is 4. The van der Waals surface area contributed by atoms with Crippen LogP contribution < -0.4 is 16.6 Å². The van der Waals surface area contributed by atoms with Gasteiger partial charge in [-0.15, -0.1) is 0 Å². The highest BCUT2D eigenvalue weighted by atomic mass is 19.3. The van der Waals surface area contributed by atoms with Crippen LogP contribution in [0.25, 0.3) is 0 Å². The molecular formula is C15H22F3N3O2. The molecule has 1 saturated carbocycles. The Kier molecular flexibility index (Phi) is 4.91. The Morgan fingerprint density at radius 3 is 2.30 bits per heavy atom. The molecule has 0 unspecified atom stereocenters. The molecule has 8 heteroatoms. The maximum Gasteiger partial charge on any atom is 0.330 e. The first-order chi connectivity index (χ1) is 10.6. The number of aromatic amines is 1. The standard InChI is InChI=1S/C15H22F3N3O2/c1-8(2)21-13(22)11(16)12(20-14(21)23)19-9(3)10-4-6-15(17,18)7-5-10/h8-10,19H,4-7H2,1-3H3,(H,20,23)/t9-/m0/s1. The van der Waals surface area contributed by atoms with E-state index < -0.39 is 29.0 Å². The Hall–Kier alpha value is -1.73. The van der Waals surface area contributed by atoms with Gasteiger partial charge < -0.3 is 5.32 Å². The molecule has 2 rings (SSSR count). The zero-order valence-corrected chi connectivity index (χ0v) is 13.5. The van der Waals surface area contributed by atoms with Crippen LogP contribution in [0.5, 0.6) is 0 Å². The molecule has 0 saturated heterocycles. The molecule has 1 heterocycles. The van der Waals surface area contributed by atoms with E-state index in [9.17, 15) is 22.8 Å². The van der Waals surface area contributed by atoms with Crippen LogP contribution >= 0.6 is 0 Å². The van der Waals surface area contributed by atoms with Gasteiger partial charge in [0.25, 0.3) is 5.56 Å². The fourth-order valence-electron chi connectivity index (χ4n) is 3.00. The van der Waals surface area contributed by atoms with Crippen molar-refractivity contribution in [3.05, 3.63) is 26.7 Å². The van der Waals surface area contributed by atoms with E-state index in [4.69, 9.17) is 0 Å². The van der Waals surface area contributed by atoms with E-state index in [1.54, 1.807) is 20.8 Å². The second-order valence-electron chi connectivity index (χ2n) is 6.51. The van der Waals surface area contributed by atoms with Crippen LogP contribution in [0.3, 0.4) is 0 Å². The predicted molar refractivity (Wildman–Crippen MR) is 81.7 cm³/mol. The van der Waals surface area contributed by atoms with E-state index in [1.807, 2.05) is 0 Å². The first kappa shape index (κ1) is 17.6. The van der Waals surface area contributed by atoms with Gasteiger partial charge in [-0.1, -0.05) is 0 Å². The molecule has 2 N–H and O–H groups in total. The quantitative estimate of drug-likeness (QED) is 0.890. The highest BCUT2D eigenvalue weighted by Gasteiger charge is 2.36. The number of alkyl halides is 2. The summed E-state index contributed by atoms with van der Waals surface area (Å²) in [6.07, 6.45) is 0.238. The van der Waals surface area contributed by atoms with E-state index in [2.05, 4.69) is 10.3 Å². The third kappa shape index (κ3) is 3.79. The smallest absolute Gasteiger partial charge is 0.330 e. The maximum atomic E-state index is 14.2. The van der Waals surface area contributed by atoms with Crippen molar-refractivity contribution in [2.45, 2.75) is 64.5 Å². The highest BCUT2D eigenvalue weighted by Crippen LogP contribution is 2.37. The number of hydrogen-bond acceptors (Lipinski definition) is 3. The van der Waals surface area contributed by atoms with Crippen LogP contribution in [0.15, 0.2) is 9.59 Å². The minimum absolute atomic E-state index is 0.0648. The van der Waals surface area contributed by atoms with Crippen molar-refractivity contribution < 1.29 is 13.2 Å². The molecule has 0 aliphatic heterocycles. The van der Waals surface area contributed by atoms with Crippen LogP contribution in [0.1, 0.15) is 52.5 Å². The molecule has 1 aromatic rings. The number of nitrogens with zero attached hydrogens (tertiary/aromatic N) is 1. The lowest BCUT2D eigenvalue weighted by molar-refractivity contribution is -0.0469. The Bertz CT molecular complexity index is 672. The topological polar surface area (TPSA) is 66.9 Å². The van der Waals surface area contributed by atoms with Crippen molar-refractivity contribution >= 4 is 5.82 Å². The molecule has 0 spiro atoms. The fourth-order valence-corrected chi connectivity index (χ4v) is 3.00. The number of halogens is 3. The van der Waals surface area contributed by atoms with Crippen LogP contribution in [-0.2, 0) is 0 Å². The molecule has 1 aliphatic rings. The van der Waals surface area contributed by atoms with E-state index in [0.717, 1.165) is 4.57 Å². The lowest BCUT2D eigenvalue weighted by atomic mass is 9.82. The van der Waals surface area contributed by atoms with Crippen LogP contribution in [0.2, 0.25) is 0 Å². The molecule has 130 valence electrons. The van der Waals surface area contributed by atoms with Gasteiger partial charge in [0.15, 0.2) is 0 Å². The maximum absolute atomic E-state index is 14.2. The van der Waals surface area contributed by atoms with Gasteiger partial charge in [0.05, 0.1) is 0 Å². The summed E-state index contributed by atoms with van der Waals surface area (Å²) in [5.74, 6) is -4.04. The van der Waals surface area contributed by atoms with E-state index >= 15 is 0 Å². The lowest BCUT2D eigenvalue weighted by Crippen LogP contribution is -2.41. The summed E-state index contributed by atoms with van der Waals surface area (Å²) in [5, 5.41) is 2.77. The minimum Gasteiger partial charge on any atom is -0.366 e. The highest BCUT2D eigenvalue weighted by molar-refractivity contribution is 5.35. The van der Waals surface area contributed by atoms with E-state index in [0.29, 0.717) is 12.8 Å². The molecule has 0 amide bonds. The average Bonchev–Trinajstić information content (AvgIpc) is 2.43. The van der Waals surface area contributed by atoms with Gasteiger partial charge >= 0.3 is 5.69 Å². The van der Waals surface area contributed by atoms with E-state index in [-0.39, 0.29) is 30.6 Å². The monoisotopic (exact) mass is 333 g/mol. The van der Waals surface area contributed by atoms with Crippen molar-refractivity contribution in [3.63, 3.8) is 0 Å². The normalized spacial score (nSPS) is 19.8. The average molecular weight is 333 g/mol. The van der Waals surface area contributed by atoms with Gasteiger partial charge in [-0.2, -0.15) is 4.39 Å². The summed E-state index contributed by atoms with van der Waals surface area (Å²) in [6.45, 7) is 4.95. The molecule has 0 bridgehead atoms. The number of H-pyrrole nitrogens is 1. The molecule has 1 atom stereocenters. The summed E-state index contributed by atoms with van der Waals surface area (Å²) in [7, 11) is 0. The summed E-state index contributed by atoms with van der Waals surface area (Å²) in [6, 6.07) is -0.793. The summed E-state index contributed by atoms with van der Waals surface area (Å²) in [4.78, 5) is 26.1. The number of hydrogen-bond donors (Lipinski definition) is 2. The second-order valence-corrected chi connectivity index (χ2v) is 6.51. The molecule has 0 radical (unpaired) electrons. The lowest BCUT2D eigenvalue weighted by Gasteiger charge is -2.32. The first-order valence-corrected chi connectivity index (χ1v) is 7.81. The molecule has 0 aromatic carbocycles. The zero-order valence-electron chi connectivity index (χ0n) is 13.5. The van der Waals surface area contributed by atoms with Gasteiger partial charge in [0.2, 0.25) is 11.7 Å². The molecular weight excluding hydrogens is 311 g/mol. The van der Waals surface area contributed by atoms with Crippen molar-refractivity contribution in [3.8, 4) is 0 Å².